The summed E-state index contributed by atoms with van der Waals surface area (Å²) in [6.07, 6.45) is -3.71. The second-order valence-corrected chi connectivity index (χ2v) is 7.92. The molecule has 0 heterocycles. The Hall–Kier alpha value is -2.99. The van der Waals surface area contributed by atoms with Gasteiger partial charge in [-0.05, 0) is 18.2 Å². The van der Waals surface area contributed by atoms with E-state index in [1.165, 1.54) is 24.3 Å². The highest BCUT2D eigenvalue weighted by Gasteiger charge is 2.32. The lowest BCUT2D eigenvalue weighted by Crippen LogP contribution is -2.30. The van der Waals surface area contributed by atoms with Crippen molar-refractivity contribution in [1.29, 1.82) is 0 Å². The quantitative estimate of drug-likeness (QED) is 0.375. The molecule has 2 aromatic carbocycles. The highest BCUT2D eigenvalue weighted by atomic mass is 32.2. The predicted molar refractivity (Wildman–Crippen MR) is 106 cm³/mol. The summed E-state index contributed by atoms with van der Waals surface area (Å²) in [6.45, 7) is 3.66. The zero-order chi connectivity index (χ0) is 22.5. The zero-order valence-electron chi connectivity index (χ0n) is 16.0. The highest BCUT2D eigenvalue weighted by molar-refractivity contribution is 7.89. The van der Waals surface area contributed by atoms with Gasteiger partial charge >= 0.3 is 6.18 Å². The molecule has 12 heteroatoms. The molecule has 0 saturated carbocycles. The first-order chi connectivity index (χ1) is 14.0. The van der Waals surface area contributed by atoms with Crippen LogP contribution in [0.3, 0.4) is 0 Å². The van der Waals surface area contributed by atoms with E-state index in [0.29, 0.717) is 0 Å². The largest absolute Gasteiger partial charge is 0.417 e. The minimum absolute atomic E-state index is 0.167. The van der Waals surface area contributed by atoms with Crippen LogP contribution < -0.4 is 5.43 Å². The van der Waals surface area contributed by atoms with Crippen LogP contribution in [-0.2, 0) is 16.2 Å². The molecule has 0 radical (unpaired) electrons. The average molecular weight is 444 g/mol. The fourth-order valence-corrected chi connectivity index (χ4v) is 4.15. The van der Waals surface area contributed by atoms with Gasteiger partial charge in [0.2, 0.25) is 10.0 Å². The molecule has 30 heavy (non-hydrogen) atoms. The minimum atomic E-state index is -4.59. The first kappa shape index (κ1) is 23.3. The maximum Gasteiger partial charge on any atom is 0.417 e. The third-order valence-electron chi connectivity index (χ3n) is 4.16. The summed E-state index contributed by atoms with van der Waals surface area (Å²) in [4.78, 5) is 10.3. The van der Waals surface area contributed by atoms with E-state index < -0.39 is 32.4 Å². The minimum Gasteiger partial charge on any atom is -0.272 e. The summed E-state index contributed by atoms with van der Waals surface area (Å²) in [7, 11) is -3.92. The van der Waals surface area contributed by atoms with Gasteiger partial charge in [-0.25, -0.2) is 8.42 Å². The molecule has 0 fully saturated rings. The van der Waals surface area contributed by atoms with Crippen molar-refractivity contribution in [2.24, 2.45) is 5.10 Å². The summed E-state index contributed by atoms with van der Waals surface area (Å²) >= 11 is 0. The molecular formula is C18H19F3N4O4S. The Kier molecular flexibility index (Phi) is 7.16. The summed E-state index contributed by atoms with van der Waals surface area (Å²) in [5.74, 6) is 0. The SMILES string of the molecule is CCN(CC)S(=O)(=O)c1ccc(N/N=C/c2ccccc2C(F)(F)F)c([N+](=O)[O-])c1. The predicted octanol–water partition coefficient (Wildman–Crippen LogP) is 4.09. The van der Waals surface area contributed by atoms with Crippen molar-refractivity contribution in [3.05, 3.63) is 63.7 Å². The third-order valence-corrected chi connectivity index (χ3v) is 6.21. The normalized spacial score (nSPS) is 12.5. The lowest BCUT2D eigenvalue weighted by Gasteiger charge is -2.18. The van der Waals surface area contributed by atoms with Crippen LogP contribution in [0.1, 0.15) is 25.0 Å². The monoisotopic (exact) mass is 444 g/mol. The Morgan fingerprint density at radius 2 is 1.80 bits per heavy atom. The summed E-state index contributed by atoms with van der Waals surface area (Å²) < 4.78 is 65.3. The van der Waals surface area contributed by atoms with Crippen molar-refractivity contribution in [3.63, 3.8) is 0 Å². The van der Waals surface area contributed by atoms with Gasteiger partial charge in [0.05, 0.1) is 21.6 Å². The smallest absolute Gasteiger partial charge is 0.272 e. The summed E-state index contributed by atoms with van der Waals surface area (Å²) in [5.41, 5.74) is 0.416. The molecule has 1 N–H and O–H groups in total. The standard InChI is InChI=1S/C18H19F3N4O4S/c1-3-24(4-2)30(28,29)14-9-10-16(17(11-14)25(26)27)23-22-12-13-7-5-6-8-15(13)18(19,20)21/h5-12,23H,3-4H2,1-2H3/b22-12+. The van der Waals surface area contributed by atoms with Crippen molar-refractivity contribution in [2.45, 2.75) is 24.9 Å². The Morgan fingerprint density at radius 1 is 1.17 bits per heavy atom. The van der Waals surface area contributed by atoms with Crippen LogP contribution in [0.2, 0.25) is 0 Å². The van der Waals surface area contributed by atoms with Crippen molar-refractivity contribution in [3.8, 4) is 0 Å². The fourth-order valence-electron chi connectivity index (χ4n) is 2.67. The van der Waals surface area contributed by atoms with E-state index in [9.17, 15) is 31.7 Å². The number of hydrazone groups is 1. The van der Waals surface area contributed by atoms with E-state index in [1.54, 1.807) is 13.8 Å². The number of rotatable bonds is 8. The van der Waals surface area contributed by atoms with Gasteiger partial charge in [0, 0.05) is 24.7 Å². The molecule has 0 spiro atoms. The van der Waals surface area contributed by atoms with Crippen molar-refractivity contribution in [2.75, 3.05) is 18.5 Å². The van der Waals surface area contributed by atoms with Gasteiger partial charge in [-0.3, -0.25) is 15.5 Å². The summed E-state index contributed by atoms with van der Waals surface area (Å²) in [5, 5.41) is 15.0. The fraction of sp³-hybridized carbons (Fsp3) is 0.278. The van der Waals surface area contributed by atoms with Crippen LogP contribution in [0.4, 0.5) is 24.5 Å². The zero-order valence-corrected chi connectivity index (χ0v) is 16.9. The molecule has 0 aliphatic rings. The molecular weight excluding hydrogens is 425 g/mol. The number of nitrogens with zero attached hydrogens (tertiary/aromatic N) is 3. The van der Waals surface area contributed by atoms with E-state index in [1.807, 2.05) is 0 Å². The molecule has 162 valence electrons. The van der Waals surface area contributed by atoms with Crippen LogP contribution in [-0.4, -0.2) is 37.0 Å². The topological polar surface area (TPSA) is 105 Å². The Labute approximate surface area is 171 Å². The van der Waals surface area contributed by atoms with Crippen LogP contribution in [0.25, 0.3) is 0 Å². The molecule has 0 unspecified atom stereocenters. The first-order valence-corrected chi connectivity index (χ1v) is 10.2. The molecule has 0 aliphatic carbocycles. The maximum absolute atomic E-state index is 13.0. The van der Waals surface area contributed by atoms with Crippen LogP contribution in [0.5, 0.6) is 0 Å². The third kappa shape index (κ3) is 5.13. The lowest BCUT2D eigenvalue weighted by atomic mass is 10.1. The molecule has 2 aromatic rings. The molecule has 0 amide bonds. The Bertz CT molecular complexity index is 1050. The van der Waals surface area contributed by atoms with E-state index in [2.05, 4.69) is 10.5 Å². The number of anilines is 1. The van der Waals surface area contributed by atoms with Crippen LogP contribution in [0.15, 0.2) is 52.5 Å². The second kappa shape index (κ2) is 9.22. The van der Waals surface area contributed by atoms with Crippen molar-refractivity contribution in [1.82, 2.24) is 4.31 Å². The van der Waals surface area contributed by atoms with Gasteiger partial charge in [0.25, 0.3) is 5.69 Å². The molecule has 0 aromatic heterocycles. The first-order valence-electron chi connectivity index (χ1n) is 8.76. The molecule has 0 aliphatic heterocycles. The van der Waals surface area contributed by atoms with Crippen LogP contribution >= 0.6 is 0 Å². The number of alkyl halides is 3. The highest BCUT2D eigenvalue weighted by Crippen LogP contribution is 2.32. The van der Waals surface area contributed by atoms with Crippen molar-refractivity contribution < 1.29 is 26.5 Å². The summed E-state index contributed by atoms with van der Waals surface area (Å²) in [6, 6.07) is 7.90. The number of hydrogen-bond donors (Lipinski definition) is 1. The van der Waals surface area contributed by atoms with Crippen molar-refractivity contribution >= 4 is 27.6 Å². The number of nitro groups is 1. The molecule has 8 nitrogen and oxygen atoms in total. The second-order valence-electron chi connectivity index (χ2n) is 5.98. The van der Waals surface area contributed by atoms with Gasteiger partial charge in [0.1, 0.15) is 5.69 Å². The Morgan fingerprint density at radius 3 is 2.37 bits per heavy atom. The average Bonchev–Trinajstić information content (AvgIpc) is 2.68. The number of halogens is 3. The molecule has 0 bridgehead atoms. The lowest BCUT2D eigenvalue weighted by molar-refractivity contribution is -0.384. The number of benzene rings is 2. The molecule has 0 atom stereocenters. The van der Waals surface area contributed by atoms with E-state index in [-0.39, 0.29) is 29.2 Å². The van der Waals surface area contributed by atoms with Gasteiger partial charge < -0.3 is 0 Å². The van der Waals surface area contributed by atoms with Gasteiger partial charge in [0.15, 0.2) is 0 Å². The van der Waals surface area contributed by atoms with Gasteiger partial charge in [-0.1, -0.05) is 32.0 Å². The number of sulfonamides is 1. The number of nitrogens with one attached hydrogen (secondary N) is 1. The van der Waals surface area contributed by atoms with Gasteiger partial charge in [-0.2, -0.15) is 22.6 Å². The molecule has 2 rings (SSSR count). The number of nitro benzene ring substituents is 1. The Balaban J connectivity index is 2.36. The maximum atomic E-state index is 13.0. The van der Waals surface area contributed by atoms with Gasteiger partial charge in [-0.15, -0.1) is 0 Å². The molecule has 0 saturated heterocycles. The number of hydrogen-bond acceptors (Lipinski definition) is 6. The van der Waals surface area contributed by atoms with E-state index >= 15 is 0 Å². The van der Waals surface area contributed by atoms with E-state index in [0.717, 1.165) is 28.7 Å². The van der Waals surface area contributed by atoms with E-state index in [4.69, 9.17) is 0 Å². The van der Waals surface area contributed by atoms with Crippen LogP contribution in [0, 0.1) is 10.1 Å².